The molecule has 0 radical (unpaired) electrons. The second-order valence-corrected chi connectivity index (χ2v) is 5.51. The number of hydrogen-bond acceptors (Lipinski definition) is 2. The minimum atomic E-state index is 0.303. The molecule has 1 saturated carbocycles. The first-order chi connectivity index (χ1) is 7.24. The van der Waals surface area contributed by atoms with Crippen LogP contribution in [0.1, 0.15) is 46.0 Å². The Kier molecular flexibility index (Phi) is 3.36. The van der Waals surface area contributed by atoms with Gasteiger partial charge in [0.1, 0.15) is 0 Å². The highest BCUT2D eigenvalue weighted by molar-refractivity contribution is 5.02. The van der Waals surface area contributed by atoms with Gasteiger partial charge in [0, 0.05) is 18.6 Å². The summed E-state index contributed by atoms with van der Waals surface area (Å²) in [6.07, 6.45) is 6.95. The summed E-state index contributed by atoms with van der Waals surface area (Å²) in [5.74, 6) is 1.55. The molecule has 2 N–H and O–H groups in total. The Balaban J connectivity index is 2.10. The van der Waals surface area contributed by atoms with E-state index in [1.165, 1.54) is 32.1 Å². The van der Waals surface area contributed by atoms with Gasteiger partial charge in [-0.2, -0.15) is 0 Å². The maximum Gasteiger partial charge on any atom is 0.0674 e. The fraction of sp³-hybridized carbons (Fsp3) is 1.00. The second kappa shape index (κ2) is 4.42. The minimum Gasteiger partial charge on any atom is -0.377 e. The molecule has 3 atom stereocenters. The van der Waals surface area contributed by atoms with Crippen LogP contribution in [-0.2, 0) is 4.74 Å². The highest BCUT2D eigenvalue weighted by atomic mass is 16.5. The summed E-state index contributed by atoms with van der Waals surface area (Å²) >= 11 is 0. The zero-order valence-corrected chi connectivity index (χ0v) is 10.2. The van der Waals surface area contributed by atoms with E-state index in [0.29, 0.717) is 11.5 Å². The van der Waals surface area contributed by atoms with E-state index in [9.17, 15) is 0 Å². The van der Waals surface area contributed by atoms with Gasteiger partial charge in [0.25, 0.3) is 0 Å². The first kappa shape index (κ1) is 11.4. The Bertz CT molecular complexity index is 215. The molecule has 2 aliphatic rings. The monoisotopic (exact) mass is 211 g/mol. The molecular formula is C13H25NO. The molecule has 0 aromatic heterocycles. The van der Waals surface area contributed by atoms with Crippen molar-refractivity contribution >= 4 is 0 Å². The van der Waals surface area contributed by atoms with E-state index < -0.39 is 0 Å². The molecule has 0 spiro atoms. The van der Waals surface area contributed by atoms with Gasteiger partial charge < -0.3 is 10.5 Å². The zero-order valence-electron chi connectivity index (χ0n) is 10.2. The van der Waals surface area contributed by atoms with Gasteiger partial charge in [-0.05, 0) is 31.1 Å². The maximum absolute atomic E-state index is 6.08. The predicted molar refractivity (Wildman–Crippen MR) is 62.6 cm³/mol. The molecule has 1 aliphatic heterocycles. The van der Waals surface area contributed by atoms with Crippen molar-refractivity contribution in [2.75, 3.05) is 13.2 Å². The van der Waals surface area contributed by atoms with E-state index in [2.05, 4.69) is 13.8 Å². The Hall–Kier alpha value is -0.0800. The van der Waals surface area contributed by atoms with Crippen molar-refractivity contribution in [3.8, 4) is 0 Å². The summed E-state index contributed by atoms with van der Waals surface area (Å²) in [5, 5.41) is 0. The van der Waals surface area contributed by atoms with Crippen molar-refractivity contribution in [3.05, 3.63) is 0 Å². The topological polar surface area (TPSA) is 35.2 Å². The van der Waals surface area contributed by atoms with E-state index in [4.69, 9.17) is 10.5 Å². The van der Waals surface area contributed by atoms with Crippen molar-refractivity contribution in [1.82, 2.24) is 0 Å². The standard InChI is InChI=1S/C13H25NO/c1-3-4-10(2)13(9-14)7-8-15-12(13)11-5-6-11/h10-12H,3-9,14H2,1-2H3. The highest BCUT2D eigenvalue weighted by Crippen LogP contribution is 2.51. The summed E-state index contributed by atoms with van der Waals surface area (Å²) in [6, 6.07) is 0. The molecule has 15 heavy (non-hydrogen) atoms. The molecular weight excluding hydrogens is 186 g/mol. The normalized spacial score (nSPS) is 38.2. The maximum atomic E-state index is 6.08. The van der Waals surface area contributed by atoms with Crippen LogP contribution >= 0.6 is 0 Å². The third-order valence-corrected chi connectivity index (χ3v) is 4.56. The fourth-order valence-electron chi connectivity index (χ4n) is 3.36. The third-order valence-electron chi connectivity index (χ3n) is 4.56. The Morgan fingerprint density at radius 1 is 1.47 bits per heavy atom. The highest BCUT2D eigenvalue weighted by Gasteiger charge is 2.52. The molecule has 2 nitrogen and oxygen atoms in total. The van der Waals surface area contributed by atoms with E-state index in [0.717, 1.165) is 25.0 Å². The summed E-state index contributed by atoms with van der Waals surface area (Å²) < 4.78 is 5.97. The van der Waals surface area contributed by atoms with Crippen LogP contribution in [0.2, 0.25) is 0 Å². The molecule has 88 valence electrons. The number of rotatable bonds is 5. The van der Waals surface area contributed by atoms with Crippen molar-refractivity contribution < 1.29 is 4.74 Å². The van der Waals surface area contributed by atoms with Gasteiger partial charge in [0.15, 0.2) is 0 Å². The lowest BCUT2D eigenvalue weighted by Crippen LogP contribution is -2.44. The zero-order chi connectivity index (χ0) is 10.9. The van der Waals surface area contributed by atoms with Gasteiger partial charge in [-0.25, -0.2) is 0 Å². The first-order valence-electron chi connectivity index (χ1n) is 6.56. The Labute approximate surface area is 93.6 Å². The third kappa shape index (κ3) is 1.94. The van der Waals surface area contributed by atoms with Crippen LogP contribution in [0.4, 0.5) is 0 Å². The Morgan fingerprint density at radius 2 is 2.20 bits per heavy atom. The van der Waals surface area contributed by atoms with Crippen LogP contribution < -0.4 is 5.73 Å². The summed E-state index contributed by atoms with van der Waals surface area (Å²) in [4.78, 5) is 0. The summed E-state index contributed by atoms with van der Waals surface area (Å²) in [7, 11) is 0. The van der Waals surface area contributed by atoms with Gasteiger partial charge in [-0.15, -0.1) is 0 Å². The summed E-state index contributed by atoms with van der Waals surface area (Å²) in [5.41, 5.74) is 6.38. The summed E-state index contributed by atoms with van der Waals surface area (Å²) in [6.45, 7) is 6.39. The quantitative estimate of drug-likeness (QED) is 0.758. The molecule has 2 heteroatoms. The van der Waals surface area contributed by atoms with Crippen LogP contribution in [0.3, 0.4) is 0 Å². The van der Waals surface area contributed by atoms with Crippen molar-refractivity contribution in [3.63, 3.8) is 0 Å². The van der Waals surface area contributed by atoms with Crippen LogP contribution in [0.5, 0.6) is 0 Å². The lowest BCUT2D eigenvalue weighted by molar-refractivity contribution is 0.00584. The molecule has 0 aromatic carbocycles. The van der Waals surface area contributed by atoms with Crippen LogP contribution in [0, 0.1) is 17.3 Å². The van der Waals surface area contributed by atoms with Crippen molar-refractivity contribution in [2.24, 2.45) is 23.0 Å². The van der Waals surface area contributed by atoms with E-state index in [1.54, 1.807) is 0 Å². The SMILES string of the molecule is CCCC(C)C1(CN)CCOC1C1CC1. The minimum absolute atomic E-state index is 0.303. The lowest BCUT2D eigenvalue weighted by atomic mass is 9.68. The number of hydrogen-bond donors (Lipinski definition) is 1. The van der Waals surface area contributed by atoms with E-state index in [-0.39, 0.29) is 0 Å². The van der Waals surface area contributed by atoms with Crippen LogP contribution in [0.15, 0.2) is 0 Å². The average Bonchev–Trinajstić information content (AvgIpc) is 2.98. The molecule has 1 saturated heterocycles. The van der Waals surface area contributed by atoms with Crippen LogP contribution in [-0.4, -0.2) is 19.3 Å². The predicted octanol–water partition coefficient (Wildman–Crippen LogP) is 2.57. The second-order valence-electron chi connectivity index (χ2n) is 5.51. The Morgan fingerprint density at radius 3 is 2.73 bits per heavy atom. The average molecular weight is 211 g/mol. The molecule has 1 aliphatic carbocycles. The fourth-order valence-corrected chi connectivity index (χ4v) is 3.36. The molecule has 2 rings (SSSR count). The van der Waals surface area contributed by atoms with Gasteiger partial charge >= 0.3 is 0 Å². The number of nitrogens with two attached hydrogens (primary N) is 1. The van der Waals surface area contributed by atoms with Gasteiger partial charge in [0.05, 0.1) is 6.10 Å². The smallest absolute Gasteiger partial charge is 0.0674 e. The molecule has 0 bridgehead atoms. The molecule has 0 amide bonds. The van der Waals surface area contributed by atoms with E-state index >= 15 is 0 Å². The molecule has 1 heterocycles. The molecule has 2 fully saturated rings. The van der Waals surface area contributed by atoms with Gasteiger partial charge in [-0.1, -0.05) is 26.7 Å². The van der Waals surface area contributed by atoms with E-state index in [1.807, 2.05) is 0 Å². The largest absolute Gasteiger partial charge is 0.377 e. The molecule has 0 aromatic rings. The number of ether oxygens (including phenoxy) is 1. The van der Waals surface area contributed by atoms with Gasteiger partial charge in [-0.3, -0.25) is 0 Å². The van der Waals surface area contributed by atoms with Crippen molar-refractivity contribution in [2.45, 2.75) is 52.1 Å². The first-order valence-corrected chi connectivity index (χ1v) is 6.56. The van der Waals surface area contributed by atoms with Crippen molar-refractivity contribution in [1.29, 1.82) is 0 Å². The van der Waals surface area contributed by atoms with Gasteiger partial charge in [0.2, 0.25) is 0 Å². The van der Waals surface area contributed by atoms with Crippen LogP contribution in [0.25, 0.3) is 0 Å². The molecule has 3 unspecified atom stereocenters. The lowest BCUT2D eigenvalue weighted by Gasteiger charge is -2.39.